The smallest absolute Gasteiger partial charge is 0.387 e. The third-order valence-electron chi connectivity index (χ3n) is 8.35. The van der Waals surface area contributed by atoms with Crippen molar-refractivity contribution in [1.82, 2.24) is 24.6 Å². The predicted octanol–water partition coefficient (Wildman–Crippen LogP) is 3.22. The number of fused-ring (bicyclic) bond motifs is 1. The molecule has 4 aliphatic rings. The Kier molecular flexibility index (Phi) is 5.54. The molecule has 10 heteroatoms. The van der Waals surface area contributed by atoms with Crippen molar-refractivity contribution in [3.05, 3.63) is 24.0 Å². The number of pyridine rings is 1. The molecule has 4 fully saturated rings. The number of likely N-dealkylation sites (tertiary alicyclic amines) is 1. The maximum absolute atomic E-state index is 12.8. The fourth-order valence-electron chi connectivity index (χ4n) is 6.73. The van der Waals surface area contributed by atoms with Crippen LogP contribution >= 0.6 is 0 Å². The Bertz CT molecular complexity index is 1090. The van der Waals surface area contributed by atoms with Crippen LogP contribution in [0, 0.1) is 11.8 Å². The van der Waals surface area contributed by atoms with Crippen molar-refractivity contribution in [1.29, 1.82) is 0 Å². The van der Waals surface area contributed by atoms with E-state index in [1.165, 1.54) is 24.6 Å². The van der Waals surface area contributed by atoms with Gasteiger partial charge in [-0.05, 0) is 57.7 Å². The average Bonchev–Trinajstić information content (AvgIpc) is 3.13. The monoisotopic (exact) mass is 488 g/mol. The van der Waals surface area contributed by atoms with Gasteiger partial charge < -0.3 is 20.1 Å². The number of nitrogens with two attached hydrogens (primary N) is 1. The molecule has 0 aromatic carbocycles. The number of hydrogen-bond acceptors (Lipinski definition) is 7. The van der Waals surface area contributed by atoms with Gasteiger partial charge in [0.1, 0.15) is 5.60 Å². The number of aromatic nitrogens is 3. The molecule has 2 saturated carbocycles. The fourth-order valence-corrected chi connectivity index (χ4v) is 6.73. The van der Waals surface area contributed by atoms with E-state index in [4.69, 9.17) is 15.6 Å². The van der Waals surface area contributed by atoms with Crippen LogP contribution < -0.4 is 10.5 Å². The Labute approximate surface area is 204 Å². The van der Waals surface area contributed by atoms with E-state index in [1.54, 1.807) is 6.20 Å². The van der Waals surface area contributed by atoms with Crippen LogP contribution in [0.5, 0.6) is 5.75 Å². The van der Waals surface area contributed by atoms with Crippen molar-refractivity contribution in [2.75, 3.05) is 45.6 Å². The van der Waals surface area contributed by atoms with E-state index in [0.29, 0.717) is 35.1 Å². The number of likely N-dealkylation sites (N-methyl/N-ethyl adjacent to an activating group) is 1. The predicted molar refractivity (Wildman–Crippen MR) is 127 cm³/mol. The molecule has 2 aromatic rings. The first kappa shape index (κ1) is 23.1. The lowest BCUT2D eigenvalue weighted by molar-refractivity contribution is -0.190. The molecule has 0 unspecified atom stereocenters. The first-order valence-electron chi connectivity index (χ1n) is 12.6. The third-order valence-corrected chi connectivity index (χ3v) is 8.35. The lowest BCUT2D eigenvalue weighted by Gasteiger charge is -2.55. The summed E-state index contributed by atoms with van der Waals surface area (Å²) in [4.78, 5) is 9.05. The number of rotatable bonds is 6. The van der Waals surface area contributed by atoms with Crippen molar-refractivity contribution < 1.29 is 18.3 Å². The third kappa shape index (κ3) is 4.09. The zero-order chi connectivity index (χ0) is 24.5. The second-order valence-corrected chi connectivity index (χ2v) is 11.1. The zero-order valence-electron chi connectivity index (χ0n) is 20.5. The highest BCUT2D eigenvalue weighted by atomic mass is 19.3. The molecule has 8 nitrogen and oxygen atoms in total. The zero-order valence-corrected chi connectivity index (χ0v) is 20.5. The minimum Gasteiger partial charge on any atom is -0.431 e. The fraction of sp³-hybridized carbons (Fsp3) is 0.680. The molecule has 0 bridgehead atoms. The normalized spacial score (nSPS) is 30.1. The van der Waals surface area contributed by atoms with Crippen LogP contribution in [0.25, 0.3) is 11.3 Å². The number of morpholine rings is 1. The van der Waals surface area contributed by atoms with Crippen LogP contribution in [0.4, 0.5) is 14.6 Å². The second kappa shape index (κ2) is 8.38. The van der Waals surface area contributed by atoms with Gasteiger partial charge in [-0.25, -0.2) is 4.98 Å². The van der Waals surface area contributed by atoms with Crippen molar-refractivity contribution in [3.63, 3.8) is 0 Å². The van der Waals surface area contributed by atoms with E-state index in [9.17, 15) is 8.78 Å². The van der Waals surface area contributed by atoms with Gasteiger partial charge in [0.05, 0.1) is 12.3 Å². The van der Waals surface area contributed by atoms with Crippen molar-refractivity contribution in [2.45, 2.75) is 56.9 Å². The molecular weight excluding hydrogens is 454 g/mol. The van der Waals surface area contributed by atoms with Gasteiger partial charge >= 0.3 is 6.61 Å². The lowest BCUT2D eigenvalue weighted by atomic mass is 9.88. The highest BCUT2D eigenvalue weighted by Gasteiger charge is 2.61. The molecule has 2 aliphatic carbocycles. The quantitative estimate of drug-likeness (QED) is 0.669. The number of nitrogens with zero attached hydrogens (tertiary/aromatic N) is 5. The Morgan fingerprint density at radius 3 is 2.57 bits per heavy atom. The number of anilines is 1. The maximum Gasteiger partial charge on any atom is 0.387 e. The van der Waals surface area contributed by atoms with E-state index in [0.717, 1.165) is 32.8 Å². The lowest BCUT2D eigenvalue weighted by Crippen LogP contribution is -2.71. The largest absolute Gasteiger partial charge is 0.431 e. The van der Waals surface area contributed by atoms with E-state index in [1.807, 2.05) is 0 Å². The Morgan fingerprint density at radius 1 is 1.17 bits per heavy atom. The molecule has 0 radical (unpaired) electrons. The van der Waals surface area contributed by atoms with Gasteiger partial charge in [0, 0.05) is 61.6 Å². The topological polar surface area (TPSA) is 81.7 Å². The second-order valence-electron chi connectivity index (χ2n) is 11.1. The molecule has 2 aliphatic heterocycles. The van der Waals surface area contributed by atoms with E-state index < -0.39 is 6.61 Å². The molecule has 2 aromatic heterocycles. The molecule has 35 heavy (non-hydrogen) atoms. The van der Waals surface area contributed by atoms with Gasteiger partial charge in [-0.3, -0.25) is 9.58 Å². The van der Waals surface area contributed by atoms with Crippen LogP contribution in [0.2, 0.25) is 0 Å². The van der Waals surface area contributed by atoms with E-state index in [2.05, 4.69) is 51.2 Å². The van der Waals surface area contributed by atoms with Gasteiger partial charge in [-0.1, -0.05) is 0 Å². The van der Waals surface area contributed by atoms with Crippen molar-refractivity contribution >= 4 is 5.82 Å². The summed E-state index contributed by atoms with van der Waals surface area (Å²) in [5, 5.41) is 4.83. The van der Waals surface area contributed by atoms with Gasteiger partial charge in [0.2, 0.25) is 0 Å². The first-order chi connectivity index (χ1) is 16.7. The molecule has 190 valence electrons. The summed E-state index contributed by atoms with van der Waals surface area (Å²) in [6, 6.07) is 4.44. The molecule has 6 rings (SSSR count). The molecule has 2 saturated heterocycles. The summed E-state index contributed by atoms with van der Waals surface area (Å²) in [6.45, 7) is 6.28. The first-order valence-corrected chi connectivity index (χ1v) is 12.6. The van der Waals surface area contributed by atoms with Crippen LogP contribution in [0.15, 0.2) is 18.3 Å². The van der Waals surface area contributed by atoms with E-state index >= 15 is 0 Å². The van der Waals surface area contributed by atoms with Crippen LogP contribution in [-0.2, 0) is 4.74 Å². The Morgan fingerprint density at radius 2 is 1.91 bits per heavy atom. The van der Waals surface area contributed by atoms with Crippen LogP contribution in [-0.4, -0.2) is 82.7 Å². The Balaban J connectivity index is 1.15. The standard InChI is InChI=1S/C25H34F2N6O2/c1-14(2)33-20(9-19(30-33)15-6-21(35-24(26)27)23(28)29-10-15)22-17-7-16(8-18(17)22)32-12-25(13-32)11-31(3)4-5-34-25/h6,9-10,14,16-18,22,24H,4-5,7-8,11-13H2,1-3H3,(H2,28,29)/t16-,17-,18+,22+. The molecule has 0 amide bonds. The van der Waals surface area contributed by atoms with Gasteiger partial charge in [-0.15, -0.1) is 0 Å². The highest BCUT2D eigenvalue weighted by molar-refractivity contribution is 5.64. The molecular formula is C25H34F2N6O2. The number of ether oxygens (including phenoxy) is 2. The minimum atomic E-state index is -2.95. The summed E-state index contributed by atoms with van der Waals surface area (Å²) >= 11 is 0. The van der Waals surface area contributed by atoms with Crippen molar-refractivity contribution in [3.8, 4) is 17.0 Å². The maximum atomic E-state index is 12.8. The average molecular weight is 489 g/mol. The summed E-state index contributed by atoms with van der Waals surface area (Å²) in [5.41, 5.74) is 8.33. The van der Waals surface area contributed by atoms with Crippen LogP contribution in [0.1, 0.15) is 44.3 Å². The van der Waals surface area contributed by atoms with Gasteiger partial charge in [0.25, 0.3) is 0 Å². The van der Waals surface area contributed by atoms with Crippen molar-refractivity contribution in [2.24, 2.45) is 11.8 Å². The molecule has 2 N–H and O–H groups in total. The van der Waals surface area contributed by atoms with Crippen LogP contribution in [0.3, 0.4) is 0 Å². The summed E-state index contributed by atoms with van der Waals surface area (Å²) in [7, 11) is 2.18. The summed E-state index contributed by atoms with van der Waals surface area (Å²) < 4.78 is 38.3. The summed E-state index contributed by atoms with van der Waals surface area (Å²) in [6.07, 6.45) is 4.00. The molecule has 4 atom stereocenters. The number of alkyl halides is 2. The minimum absolute atomic E-state index is 0.0460. The SMILES string of the molecule is CC(C)n1nc(-c2cnc(N)c(OC(F)F)c2)cc1[C@H]1[C@@H]2C[C@@H](N3CC4(CN(C)CCO4)C3)C[C@@H]21. The van der Waals surface area contributed by atoms with Gasteiger partial charge in [0.15, 0.2) is 11.6 Å². The molecule has 4 heterocycles. The number of hydrogen-bond donors (Lipinski definition) is 1. The Hall–Kier alpha value is -2.30. The number of halogens is 2. The van der Waals surface area contributed by atoms with Gasteiger partial charge in [-0.2, -0.15) is 13.9 Å². The highest BCUT2D eigenvalue weighted by Crippen LogP contribution is 2.64. The summed E-state index contributed by atoms with van der Waals surface area (Å²) in [5.74, 6) is 1.68. The molecule has 1 spiro atoms. The van der Waals surface area contributed by atoms with E-state index in [-0.39, 0.29) is 23.2 Å². The number of nitrogen functional groups attached to an aromatic ring is 1.